The highest BCUT2D eigenvalue weighted by Gasteiger charge is 2.49. The van der Waals surface area contributed by atoms with Crippen LogP contribution in [0.5, 0.6) is 0 Å². The van der Waals surface area contributed by atoms with Crippen LogP contribution in [-0.4, -0.2) is 19.1 Å². The van der Waals surface area contributed by atoms with E-state index in [1.165, 1.54) is 24.0 Å². The van der Waals surface area contributed by atoms with Gasteiger partial charge in [-0.1, -0.05) is 24.3 Å². The predicted octanol–water partition coefficient (Wildman–Crippen LogP) is 2.32. The lowest BCUT2D eigenvalue weighted by Gasteiger charge is -2.45. The second-order valence-corrected chi connectivity index (χ2v) is 6.20. The Hall–Kier alpha value is -1.35. The van der Waals surface area contributed by atoms with Gasteiger partial charge in [-0.2, -0.15) is 0 Å². The number of ether oxygens (including phenoxy) is 1. The van der Waals surface area contributed by atoms with E-state index < -0.39 is 0 Å². The van der Waals surface area contributed by atoms with Gasteiger partial charge in [-0.15, -0.1) is 0 Å². The van der Waals surface area contributed by atoms with Crippen molar-refractivity contribution in [3.63, 3.8) is 0 Å². The Morgan fingerprint density at radius 1 is 1.21 bits per heavy atom. The zero-order chi connectivity index (χ0) is 12.9. The first kappa shape index (κ1) is 11.5. The van der Waals surface area contributed by atoms with E-state index in [9.17, 15) is 4.79 Å². The maximum absolute atomic E-state index is 11.7. The molecule has 0 amide bonds. The zero-order valence-electron chi connectivity index (χ0n) is 11.0. The SMILES string of the molecule is O=C1CC2CC3(CCNCC3)c3ccccc3C2O1. The van der Waals surface area contributed by atoms with Gasteiger partial charge in [-0.3, -0.25) is 4.79 Å². The van der Waals surface area contributed by atoms with Crippen molar-refractivity contribution in [2.45, 2.75) is 37.2 Å². The van der Waals surface area contributed by atoms with Crippen LogP contribution in [0, 0.1) is 5.92 Å². The Labute approximate surface area is 113 Å². The second-order valence-electron chi connectivity index (χ2n) is 6.20. The number of piperidine rings is 1. The molecule has 1 aromatic carbocycles. The minimum Gasteiger partial charge on any atom is -0.457 e. The molecule has 1 spiro atoms. The molecule has 0 aromatic heterocycles. The summed E-state index contributed by atoms with van der Waals surface area (Å²) >= 11 is 0. The van der Waals surface area contributed by atoms with Gasteiger partial charge in [0.05, 0.1) is 6.42 Å². The molecule has 2 saturated heterocycles. The zero-order valence-corrected chi connectivity index (χ0v) is 11.0. The third kappa shape index (κ3) is 1.64. The molecule has 3 nitrogen and oxygen atoms in total. The summed E-state index contributed by atoms with van der Waals surface area (Å²) in [5.41, 5.74) is 2.98. The summed E-state index contributed by atoms with van der Waals surface area (Å²) in [6.45, 7) is 2.17. The molecule has 2 heterocycles. The maximum atomic E-state index is 11.7. The summed E-state index contributed by atoms with van der Waals surface area (Å²) in [5.74, 6) is 0.372. The monoisotopic (exact) mass is 257 g/mol. The number of nitrogens with one attached hydrogen (secondary N) is 1. The normalized spacial score (nSPS) is 31.7. The molecule has 1 aliphatic carbocycles. The molecular weight excluding hydrogens is 238 g/mol. The molecule has 3 aliphatic rings. The number of benzene rings is 1. The average molecular weight is 257 g/mol. The van der Waals surface area contributed by atoms with Crippen molar-refractivity contribution in [2.75, 3.05) is 13.1 Å². The van der Waals surface area contributed by atoms with Crippen LogP contribution in [0.25, 0.3) is 0 Å². The quantitative estimate of drug-likeness (QED) is 0.725. The molecule has 3 heteroatoms. The Morgan fingerprint density at radius 3 is 2.84 bits per heavy atom. The van der Waals surface area contributed by atoms with Gasteiger partial charge < -0.3 is 10.1 Å². The minimum atomic E-state index is -0.0178. The molecule has 4 rings (SSSR count). The van der Waals surface area contributed by atoms with Crippen LogP contribution >= 0.6 is 0 Å². The molecule has 2 atom stereocenters. The fourth-order valence-electron chi connectivity index (χ4n) is 4.32. The molecule has 1 aromatic rings. The molecule has 0 saturated carbocycles. The van der Waals surface area contributed by atoms with Crippen LogP contribution in [0.3, 0.4) is 0 Å². The van der Waals surface area contributed by atoms with Crippen molar-refractivity contribution in [1.82, 2.24) is 5.32 Å². The summed E-state index contributed by atoms with van der Waals surface area (Å²) in [6.07, 6.45) is 4.10. The lowest BCUT2D eigenvalue weighted by atomic mass is 9.61. The summed E-state index contributed by atoms with van der Waals surface area (Å²) < 4.78 is 5.57. The van der Waals surface area contributed by atoms with Crippen LogP contribution in [0.2, 0.25) is 0 Å². The Balaban J connectivity index is 1.83. The molecule has 0 bridgehead atoms. The van der Waals surface area contributed by atoms with Gasteiger partial charge in [0.1, 0.15) is 6.10 Å². The van der Waals surface area contributed by atoms with E-state index in [2.05, 4.69) is 29.6 Å². The molecule has 0 radical (unpaired) electrons. The van der Waals surface area contributed by atoms with Crippen molar-refractivity contribution in [2.24, 2.45) is 5.92 Å². The Morgan fingerprint density at radius 2 is 2.00 bits per heavy atom. The van der Waals surface area contributed by atoms with Crippen LogP contribution in [-0.2, 0) is 14.9 Å². The fourth-order valence-corrected chi connectivity index (χ4v) is 4.32. The summed E-state index contributed by atoms with van der Waals surface area (Å²) in [6, 6.07) is 8.61. The van der Waals surface area contributed by atoms with E-state index >= 15 is 0 Å². The summed E-state index contributed by atoms with van der Waals surface area (Å²) in [5, 5.41) is 3.46. The summed E-state index contributed by atoms with van der Waals surface area (Å²) in [4.78, 5) is 11.7. The lowest BCUT2D eigenvalue weighted by molar-refractivity contribution is -0.142. The van der Waals surface area contributed by atoms with E-state index in [4.69, 9.17) is 4.74 Å². The number of esters is 1. The van der Waals surface area contributed by atoms with E-state index in [0.29, 0.717) is 12.3 Å². The van der Waals surface area contributed by atoms with E-state index in [1.54, 1.807) is 0 Å². The third-order valence-electron chi connectivity index (χ3n) is 5.17. The van der Waals surface area contributed by atoms with Crippen molar-refractivity contribution < 1.29 is 9.53 Å². The van der Waals surface area contributed by atoms with Crippen molar-refractivity contribution >= 4 is 5.97 Å². The smallest absolute Gasteiger partial charge is 0.306 e. The predicted molar refractivity (Wildman–Crippen MR) is 71.8 cm³/mol. The first-order valence-electron chi connectivity index (χ1n) is 7.28. The van der Waals surface area contributed by atoms with Gasteiger partial charge >= 0.3 is 5.97 Å². The fraction of sp³-hybridized carbons (Fsp3) is 0.562. The highest BCUT2D eigenvalue weighted by atomic mass is 16.5. The lowest BCUT2D eigenvalue weighted by Crippen LogP contribution is -2.44. The summed E-state index contributed by atoms with van der Waals surface area (Å²) in [7, 11) is 0. The van der Waals surface area contributed by atoms with Gasteiger partial charge in [0, 0.05) is 5.92 Å². The van der Waals surface area contributed by atoms with Crippen LogP contribution < -0.4 is 5.32 Å². The molecule has 100 valence electrons. The highest BCUT2D eigenvalue weighted by molar-refractivity contribution is 5.73. The van der Waals surface area contributed by atoms with Crippen LogP contribution in [0.15, 0.2) is 24.3 Å². The van der Waals surface area contributed by atoms with Gasteiger partial charge in [0.15, 0.2) is 0 Å². The number of carbonyl (C=O) groups is 1. The Bertz CT molecular complexity index is 519. The number of rotatable bonds is 0. The number of hydrogen-bond acceptors (Lipinski definition) is 3. The van der Waals surface area contributed by atoms with Gasteiger partial charge in [0.2, 0.25) is 0 Å². The molecule has 2 fully saturated rings. The molecule has 2 aliphatic heterocycles. The van der Waals surface area contributed by atoms with Crippen LogP contribution in [0.4, 0.5) is 0 Å². The largest absolute Gasteiger partial charge is 0.457 e. The van der Waals surface area contributed by atoms with Crippen molar-refractivity contribution in [3.8, 4) is 0 Å². The highest BCUT2D eigenvalue weighted by Crippen LogP contribution is 2.53. The minimum absolute atomic E-state index is 0.0178. The number of hydrogen-bond donors (Lipinski definition) is 1. The second kappa shape index (κ2) is 4.07. The number of carbonyl (C=O) groups excluding carboxylic acids is 1. The van der Waals surface area contributed by atoms with Gasteiger partial charge in [0.25, 0.3) is 0 Å². The first-order chi connectivity index (χ1) is 9.28. The van der Waals surface area contributed by atoms with Crippen molar-refractivity contribution in [3.05, 3.63) is 35.4 Å². The first-order valence-corrected chi connectivity index (χ1v) is 7.28. The van der Waals surface area contributed by atoms with Crippen LogP contribution in [0.1, 0.15) is 42.9 Å². The maximum Gasteiger partial charge on any atom is 0.306 e. The van der Waals surface area contributed by atoms with Gasteiger partial charge in [-0.25, -0.2) is 0 Å². The van der Waals surface area contributed by atoms with E-state index in [-0.39, 0.29) is 17.5 Å². The van der Waals surface area contributed by atoms with E-state index in [1.807, 2.05) is 0 Å². The van der Waals surface area contributed by atoms with Crippen molar-refractivity contribution in [1.29, 1.82) is 0 Å². The number of fused-ring (bicyclic) bond motifs is 4. The molecule has 2 unspecified atom stereocenters. The third-order valence-corrected chi connectivity index (χ3v) is 5.17. The molecule has 19 heavy (non-hydrogen) atoms. The standard InChI is InChI=1S/C16H19NO2/c18-14-9-11-10-16(5-7-17-8-6-16)13-4-2-1-3-12(13)15(11)19-14/h1-4,11,15,17H,5-10H2. The molecule has 1 N–H and O–H groups in total. The van der Waals surface area contributed by atoms with Gasteiger partial charge in [-0.05, 0) is 48.9 Å². The Kier molecular flexibility index (Phi) is 2.46. The molecular formula is C16H19NO2. The topological polar surface area (TPSA) is 38.3 Å². The average Bonchev–Trinajstić information content (AvgIpc) is 2.81. The van der Waals surface area contributed by atoms with E-state index in [0.717, 1.165) is 19.5 Å².